The molecule has 0 aromatic carbocycles. The van der Waals surface area contributed by atoms with E-state index in [0.717, 1.165) is 9.99 Å². The Labute approximate surface area is 104 Å². The minimum absolute atomic E-state index is 0.0127. The van der Waals surface area contributed by atoms with Gasteiger partial charge in [-0.1, -0.05) is 20.8 Å². The molecule has 0 unspecified atom stereocenters. The van der Waals surface area contributed by atoms with Crippen LogP contribution < -0.4 is 5.32 Å². The fraction of sp³-hybridized carbons (Fsp3) is 0.455. The molecule has 0 saturated carbocycles. The van der Waals surface area contributed by atoms with Crippen molar-refractivity contribution in [2.45, 2.75) is 27.2 Å². The van der Waals surface area contributed by atoms with Crippen molar-refractivity contribution in [1.82, 2.24) is 4.98 Å². The zero-order valence-electron chi connectivity index (χ0n) is 9.17. The maximum absolute atomic E-state index is 11.8. The van der Waals surface area contributed by atoms with E-state index in [2.05, 4.69) is 32.9 Å². The summed E-state index contributed by atoms with van der Waals surface area (Å²) in [5.41, 5.74) is -0.343. The smallest absolute Gasteiger partial charge is 0.231 e. The number of halogens is 1. The first-order valence-electron chi connectivity index (χ1n) is 4.88. The van der Waals surface area contributed by atoms with E-state index >= 15 is 0 Å². The van der Waals surface area contributed by atoms with Gasteiger partial charge in [-0.3, -0.25) is 4.79 Å². The van der Waals surface area contributed by atoms with Gasteiger partial charge >= 0.3 is 0 Å². The van der Waals surface area contributed by atoms with Crippen molar-refractivity contribution >= 4 is 34.3 Å². The lowest BCUT2D eigenvalue weighted by Gasteiger charge is -2.20. The number of anilines is 1. The maximum atomic E-state index is 11.8. The Morgan fingerprint density at radius 1 is 1.53 bits per heavy atom. The second-order valence-corrected chi connectivity index (χ2v) is 5.30. The van der Waals surface area contributed by atoms with Crippen LogP contribution in [0.1, 0.15) is 27.2 Å². The lowest BCUT2D eigenvalue weighted by Crippen LogP contribution is -2.30. The van der Waals surface area contributed by atoms with Gasteiger partial charge in [0.25, 0.3) is 0 Å². The van der Waals surface area contributed by atoms with Gasteiger partial charge in [0.2, 0.25) is 5.91 Å². The molecule has 0 aliphatic rings. The van der Waals surface area contributed by atoms with Crippen LogP contribution in [-0.4, -0.2) is 10.9 Å². The fourth-order valence-corrected chi connectivity index (χ4v) is 1.21. The van der Waals surface area contributed by atoms with Gasteiger partial charge in [0.05, 0.1) is 0 Å². The van der Waals surface area contributed by atoms with Crippen LogP contribution in [0, 0.1) is 8.99 Å². The lowest BCUT2D eigenvalue weighted by atomic mass is 9.89. The summed E-state index contributed by atoms with van der Waals surface area (Å²) in [4.78, 5) is 15.9. The number of pyridine rings is 1. The Bertz CT molecular complexity index is 346. The molecule has 15 heavy (non-hydrogen) atoms. The molecule has 0 fully saturated rings. The van der Waals surface area contributed by atoms with E-state index in [-0.39, 0.29) is 11.3 Å². The van der Waals surface area contributed by atoms with Gasteiger partial charge in [-0.05, 0) is 41.1 Å². The van der Waals surface area contributed by atoms with Gasteiger partial charge in [0.1, 0.15) is 5.82 Å². The molecule has 0 saturated heterocycles. The van der Waals surface area contributed by atoms with Gasteiger partial charge in [-0.15, -0.1) is 0 Å². The Balaban J connectivity index is 2.71. The van der Waals surface area contributed by atoms with Crippen LogP contribution in [0.15, 0.2) is 18.3 Å². The molecule has 4 heteroatoms. The van der Waals surface area contributed by atoms with Crippen LogP contribution in [0.25, 0.3) is 0 Å². The molecule has 1 rings (SSSR count). The SMILES string of the molecule is CCC(C)(C)C(=O)Nc1ccc(I)cn1. The monoisotopic (exact) mass is 318 g/mol. The van der Waals surface area contributed by atoms with Crippen LogP contribution >= 0.6 is 22.6 Å². The molecule has 0 aliphatic carbocycles. The van der Waals surface area contributed by atoms with E-state index in [1.165, 1.54) is 0 Å². The average Bonchev–Trinajstić information content (AvgIpc) is 2.21. The van der Waals surface area contributed by atoms with Crippen molar-refractivity contribution in [1.29, 1.82) is 0 Å². The zero-order chi connectivity index (χ0) is 11.5. The molecule has 1 N–H and O–H groups in total. The van der Waals surface area contributed by atoms with E-state index in [9.17, 15) is 4.79 Å². The van der Waals surface area contributed by atoms with E-state index in [0.29, 0.717) is 5.82 Å². The Morgan fingerprint density at radius 2 is 2.20 bits per heavy atom. The van der Waals surface area contributed by atoms with Crippen molar-refractivity contribution in [2.24, 2.45) is 5.41 Å². The van der Waals surface area contributed by atoms with Crippen molar-refractivity contribution in [3.8, 4) is 0 Å². The number of amides is 1. The van der Waals surface area contributed by atoms with Crippen LogP contribution in [0.5, 0.6) is 0 Å². The summed E-state index contributed by atoms with van der Waals surface area (Å²) in [6.07, 6.45) is 2.54. The number of carbonyl (C=O) groups is 1. The standard InChI is InChI=1S/C11H15IN2O/c1-4-11(2,3)10(15)14-9-6-5-8(12)7-13-9/h5-7H,4H2,1-3H3,(H,13,14,15). The van der Waals surface area contributed by atoms with Crippen molar-refractivity contribution in [3.63, 3.8) is 0 Å². The Morgan fingerprint density at radius 3 is 2.67 bits per heavy atom. The third kappa shape index (κ3) is 3.44. The number of nitrogens with one attached hydrogen (secondary N) is 1. The molecule has 82 valence electrons. The summed E-state index contributed by atoms with van der Waals surface area (Å²) in [6, 6.07) is 3.73. The van der Waals surface area contributed by atoms with Gasteiger partial charge in [0.15, 0.2) is 0 Å². The predicted molar refractivity (Wildman–Crippen MR) is 69.7 cm³/mol. The summed E-state index contributed by atoms with van der Waals surface area (Å²) in [7, 11) is 0. The number of rotatable bonds is 3. The predicted octanol–water partition coefficient (Wildman–Crippen LogP) is 3.06. The second-order valence-electron chi connectivity index (χ2n) is 4.05. The van der Waals surface area contributed by atoms with E-state index in [1.54, 1.807) is 6.20 Å². The number of nitrogens with zero attached hydrogens (tertiary/aromatic N) is 1. The maximum Gasteiger partial charge on any atom is 0.231 e. The highest BCUT2D eigenvalue weighted by Gasteiger charge is 2.25. The third-order valence-corrected chi connectivity index (χ3v) is 3.11. The molecule has 3 nitrogen and oxygen atoms in total. The van der Waals surface area contributed by atoms with Crippen LogP contribution in [0.2, 0.25) is 0 Å². The van der Waals surface area contributed by atoms with Crippen LogP contribution in [0.3, 0.4) is 0 Å². The van der Waals surface area contributed by atoms with E-state index in [4.69, 9.17) is 0 Å². The largest absolute Gasteiger partial charge is 0.310 e. The van der Waals surface area contributed by atoms with Crippen molar-refractivity contribution < 1.29 is 4.79 Å². The molecule has 1 aromatic heterocycles. The summed E-state index contributed by atoms with van der Waals surface area (Å²) >= 11 is 2.18. The normalized spacial score (nSPS) is 11.2. The first kappa shape index (κ1) is 12.4. The third-order valence-electron chi connectivity index (χ3n) is 2.47. The summed E-state index contributed by atoms with van der Waals surface area (Å²) < 4.78 is 1.06. The van der Waals surface area contributed by atoms with E-state index in [1.807, 2.05) is 32.9 Å². The highest BCUT2D eigenvalue weighted by Crippen LogP contribution is 2.21. The highest BCUT2D eigenvalue weighted by molar-refractivity contribution is 14.1. The van der Waals surface area contributed by atoms with Crippen molar-refractivity contribution in [3.05, 3.63) is 21.9 Å². The van der Waals surface area contributed by atoms with E-state index < -0.39 is 0 Å². The molecule has 0 radical (unpaired) electrons. The molecular weight excluding hydrogens is 303 g/mol. The first-order chi connectivity index (χ1) is 6.95. The molecule has 0 spiro atoms. The highest BCUT2D eigenvalue weighted by atomic mass is 127. The minimum atomic E-state index is -0.343. The summed E-state index contributed by atoms with van der Waals surface area (Å²) in [5.74, 6) is 0.626. The number of carbonyl (C=O) groups excluding carboxylic acids is 1. The Hall–Kier alpha value is -0.650. The van der Waals surface area contributed by atoms with Gasteiger partial charge < -0.3 is 5.32 Å². The average molecular weight is 318 g/mol. The summed E-state index contributed by atoms with van der Waals surface area (Å²) in [5, 5.41) is 2.81. The van der Waals surface area contributed by atoms with Crippen LogP contribution in [0.4, 0.5) is 5.82 Å². The van der Waals surface area contributed by atoms with Gasteiger partial charge in [-0.25, -0.2) is 4.98 Å². The quantitative estimate of drug-likeness (QED) is 0.871. The summed E-state index contributed by atoms with van der Waals surface area (Å²) in [6.45, 7) is 5.85. The number of hydrogen-bond donors (Lipinski definition) is 1. The molecule has 0 atom stereocenters. The fourth-order valence-electron chi connectivity index (χ4n) is 0.896. The molecule has 1 amide bonds. The Kier molecular flexibility index (Phi) is 4.07. The van der Waals surface area contributed by atoms with Gasteiger partial charge in [-0.2, -0.15) is 0 Å². The van der Waals surface area contributed by atoms with Crippen molar-refractivity contribution in [2.75, 3.05) is 5.32 Å². The van der Waals surface area contributed by atoms with Crippen LogP contribution in [-0.2, 0) is 4.79 Å². The minimum Gasteiger partial charge on any atom is -0.310 e. The first-order valence-corrected chi connectivity index (χ1v) is 5.96. The molecule has 0 aliphatic heterocycles. The number of aromatic nitrogens is 1. The zero-order valence-corrected chi connectivity index (χ0v) is 11.3. The number of hydrogen-bond acceptors (Lipinski definition) is 2. The second kappa shape index (κ2) is 4.92. The van der Waals surface area contributed by atoms with Gasteiger partial charge in [0, 0.05) is 15.2 Å². The topological polar surface area (TPSA) is 42.0 Å². The molecular formula is C11H15IN2O. The molecule has 0 bridgehead atoms. The molecule has 1 heterocycles. The lowest BCUT2D eigenvalue weighted by molar-refractivity contribution is -0.124. The molecule has 1 aromatic rings.